The fraction of sp³-hybridized carbons (Fsp3) is 0.400. The van der Waals surface area contributed by atoms with Crippen LogP contribution in [0.5, 0.6) is 0 Å². The Bertz CT molecular complexity index is 465. The maximum Gasteiger partial charge on any atom is 0.182 e. The summed E-state index contributed by atoms with van der Waals surface area (Å²) in [6.45, 7) is 1.56. The Balaban J connectivity index is 2.63. The van der Waals surface area contributed by atoms with Crippen LogP contribution in [0.25, 0.3) is 0 Å². The van der Waals surface area contributed by atoms with E-state index in [2.05, 4.69) is 4.98 Å². The SMILES string of the molecule is CCS(=O)(=O)CCC(=O)c1ccc(N)cn1. The van der Waals surface area contributed by atoms with E-state index in [0.717, 1.165) is 0 Å². The first-order valence-electron chi connectivity index (χ1n) is 4.90. The zero-order valence-corrected chi connectivity index (χ0v) is 9.83. The second-order valence-corrected chi connectivity index (χ2v) is 5.86. The Morgan fingerprint density at radius 2 is 2.12 bits per heavy atom. The minimum atomic E-state index is -3.10. The van der Waals surface area contributed by atoms with Crippen molar-refractivity contribution < 1.29 is 13.2 Å². The van der Waals surface area contributed by atoms with Gasteiger partial charge in [-0.25, -0.2) is 8.42 Å². The van der Waals surface area contributed by atoms with Gasteiger partial charge in [0.2, 0.25) is 0 Å². The normalized spacial score (nSPS) is 11.3. The lowest BCUT2D eigenvalue weighted by Gasteiger charge is -2.01. The van der Waals surface area contributed by atoms with Gasteiger partial charge in [0.05, 0.1) is 17.6 Å². The molecule has 0 amide bonds. The van der Waals surface area contributed by atoms with E-state index >= 15 is 0 Å². The maximum absolute atomic E-state index is 11.6. The van der Waals surface area contributed by atoms with Crippen molar-refractivity contribution in [2.24, 2.45) is 0 Å². The van der Waals surface area contributed by atoms with Gasteiger partial charge in [-0.2, -0.15) is 0 Å². The highest BCUT2D eigenvalue weighted by Gasteiger charge is 2.13. The third-order valence-corrected chi connectivity index (χ3v) is 3.86. The van der Waals surface area contributed by atoms with Crippen LogP contribution in [0.2, 0.25) is 0 Å². The van der Waals surface area contributed by atoms with Gasteiger partial charge < -0.3 is 5.73 Å². The van der Waals surface area contributed by atoms with E-state index in [0.29, 0.717) is 5.69 Å². The average Bonchev–Trinajstić information content (AvgIpc) is 2.27. The van der Waals surface area contributed by atoms with Crippen LogP contribution in [0.15, 0.2) is 18.3 Å². The molecule has 0 aliphatic carbocycles. The topological polar surface area (TPSA) is 90.1 Å². The van der Waals surface area contributed by atoms with Crippen molar-refractivity contribution >= 4 is 21.3 Å². The van der Waals surface area contributed by atoms with Crippen molar-refractivity contribution in [3.05, 3.63) is 24.0 Å². The molecule has 1 aromatic rings. The minimum absolute atomic E-state index is 0.0346. The first-order chi connectivity index (χ1) is 7.44. The minimum Gasteiger partial charge on any atom is -0.397 e. The molecule has 0 unspecified atom stereocenters. The van der Waals surface area contributed by atoms with Gasteiger partial charge in [0.25, 0.3) is 0 Å². The number of anilines is 1. The molecular weight excluding hydrogens is 228 g/mol. The van der Waals surface area contributed by atoms with E-state index in [4.69, 9.17) is 5.73 Å². The lowest BCUT2D eigenvalue weighted by molar-refractivity contribution is 0.0984. The number of nitrogens with two attached hydrogens (primary N) is 1. The molecular formula is C10H14N2O3S. The number of Topliss-reactive ketones (excluding diaryl/α,β-unsaturated/α-hetero) is 1. The van der Waals surface area contributed by atoms with Crippen LogP contribution < -0.4 is 5.73 Å². The van der Waals surface area contributed by atoms with E-state index in [1.165, 1.54) is 12.3 Å². The number of nitrogen functional groups attached to an aromatic ring is 1. The highest BCUT2D eigenvalue weighted by atomic mass is 32.2. The molecule has 88 valence electrons. The first-order valence-corrected chi connectivity index (χ1v) is 6.72. The molecule has 0 spiro atoms. The van der Waals surface area contributed by atoms with Crippen molar-refractivity contribution in [3.63, 3.8) is 0 Å². The fourth-order valence-electron chi connectivity index (χ4n) is 1.09. The Morgan fingerprint density at radius 1 is 1.44 bits per heavy atom. The Labute approximate surface area is 94.6 Å². The van der Waals surface area contributed by atoms with Crippen LogP contribution in [0.3, 0.4) is 0 Å². The summed E-state index contributed by atoms with van der Waals surface area (Å²) >= 11 is 0. The molecule has 2 N–H and O–H groups in total. The third kappa shape index (κ3) is 3.62. The second-order valence-electron chi connectivity index (χ2n) is 3.39. The van der Waals surface area contributed by atoms with Gasteiger partial charge in [-0.3, -0.25) is 9.78 Å². The van der Waals surface area contributed by atoms with Gasteiger partial charge >= 0.3 is 0 Å². The van der Waals surface area contributed by atoms with E-state index in [-0.39, 0.29) is 29.4 Å². The Morgan fingerprint density at radius 3 is 2.62 bits per heavy atom. The summed E-state index contributed by atoms with van der Waals surface area (Å²) in [7, 11) is -3.10. The maximum atomic E-state index is 11.6. The Hall–Kier alpha value is -1.43. The molecule has 0 aliphatic rings. The highest BCUT2D eigenvalue weighted by Crippen LogP contribution is 2.05. The van der Waals surface area contributed by atoms with Crippen LogP contribution in [0.4, 0.5) is 5.69 Å². The molecule has 0 saturated heterocycles. The lowest BCUT2D eigenvalue weighted by Crippen LogP contribution is -2.13. The summed E-state index contributed by atoms with van der Waals surface area (Å²) < 4.78 is 22.4. The molecule has 0 radical (unpaired) electrons. The number of aromatic nitrogens is 1. The van der Waals surface area contributed by atoms with Gasteiger partial charge in [0.15, 0.2) is 5.78 Å². The quantitative estimate of drug-likeness (QED) is 0.766. The summed E-state index contributed by atoms with van der Waals surface area (Å²) in [5, 5.41) is 0. The van der Waals surface area contributed by atoms with Crippen LogP contribution in [-0.4, -0.2) is 30.7 Å². The van der Waals surface area contributed by atoms with Crippen molar-refractivity contribution in [3.8, 4) is 0 Å². The molecule has 0 atom stereocenters. The predicted molar refractivity (Wildman–Crippen MR) is 61.9 cm³/mol. The van der Waals surface area contributed by atoms with Gasteiger partial charge in [0.1, 0.15) is 15.5 Å². The van der Waals surface area contributed by atoms with E-state index in [1.54, 1.807) is 13.0 Å². The lowest BCUT2D eigenvalue weighted by atomic mass is 10.2. The van der Waals surface area contributed by atoms with E-state index in [1.807, 2.05) is 0 Å². The molecule has 0 saturated carbocycles. The number of hydrogen-bond acceptors (Lipinski definition) is 5. The number of ketones is 1. The van der Waals surface area contributed by atoms with Gasteiger partial charge in [-0.1, -0.05) is 6.92 Å². The average molecular weight is 242 g/mol. The summed E-state index contributed by atoms with van der Waals surface area (Å²) in [5.41, 5.74) is 6.14. The molecule has 0 bridgehead atoms. The number of hydrogen-bond donors (Lipinski definition) is 1. The second kappa shape index (κ2) is 5.07. The standard InChI is InChI=1S/C10H14N2O3S/c1-2-16(14,15)6-5-10(13)9-4-3-8(11)7-12-9/h3-4,7H,2,5-6,11H2,1H3. The highest BCUT2D eigenvalue weighted by molar-refractivity contribution is 7.91. The predicted octanol–water partition coefficient (Wildman–Crippen LogP) is 0.671. The molecule has 5 nitrogen and oxygen atoms in total. The molecule has 0 aliphatic heterocycles. The number of pyridine rings is 1. The van der Waals surface area contributed by atoms with Crippen molar-refractivity contribution in [1.29, 1.82) is 0 Å². The number of carbonyl (C=O) groups is 1. The zero-order chi connectivity index (χ0) is 12.2. The van der Waals surface area contributed by atoms with Crippen molar-refractivity contribution in [1.82, 2.24) is 4.98 Å². The Kier molecular flexibility index (Phi) is 4.00. The largest absolute Gasteiger partial charge is 0.397 e. The summed E-state index contributed by atoms with van der Waals surface area (Å²) in [6.07, 6.45) is 1.34. The van der Waals surface area contributed by atoms with Gasteiger partial charge in [-0.15, -0.1) is 0 Å². The summed E-state index contributed by atoms with van der Waals surface area (Å²) in [5.74, 6) is -0.360. The number of rotatable bonds is 5. The first kappa shape index (κ1) is 12.6. The number of sulfone groups is 1. The monoisotopic (exact) mass is 242 g/mol. The van der Waals surface area contributed by atoms with Crippen LogP contribution >= 0.6 is 0 Å². The van der Waals surface area contributed by atoms with E-state index in [9.17, 15) is 13.2 Å². The summed E-state index contributed by atoms with van der Waals surface area (Å²) in [4.78, 5) is 15.4. The van der Waals surface area contributed by atoms with Gasteiger partial charge in [-0.05, 0) is 12.1 Å². The molecule has 1 rings (SSSR count). The fourth-order valence-corrected chi connectivity index (χ4v) is 1.88. The molecule has 0 fully saturated rings. The molecule has 1 aromatic heterocycles. The van der Waals surface area contributed by atoms with Gasteiger partial charge in [0, 0.05) is 12.2 Å². The van der Waals surface area contributed by atoms with E-state index < -0.39 is 9.84 Å². The van der Waals surface area contributed by atoms with Crippen LogP contribution in [0, 0.1) is 0 Å². The molecule has 0 aromatic carbocycles. The van der Waals surface area contributed by atoms with Crippen LogP contribution in [-0.2, 0) is 9.84 Å². The molecule has 16 heavy (non-hydrogen) atoms. The smallest absolute Gasteiger partial charge is 0.182 e. The van der Waals surface area contributed by atoms with Crippen LogP contribution in [0.1, 0.15) is 23.8 Å². The zero-order valence-electron chi connectivity index (χ0n) is 9.01. The number of nitrogens with zero attached hydrogens (tertiary/aromatic N) is 1. The third-order valence-electron chi connectivity index (χ3n) is 2.15. The summed E-state index contributed by atoms with van der Waals surface area (Å²) in [6, 6.07) is 3.06. The molecule has 1 heterocycles. The number of carbonyl (C=O) groups excluding carboxylic acids is 1. The van der Waals surface area contributed by atoms with Crippen molar-refractivity contribution in [2.45, 2.75) is 13.3 Å². The molecule has 6 heteroatoms. The van der Waals surface area contributed by atoms with Crippen molar-refractivity contribution in [2.75, 3.05) is 17.2 Å².